The van der Waals surface area contributed by atoms with Gasteiger partial charge in [0, 0.05) is 30.4 Å². The molecule has 2 heterocycles. The first-order valence-corrected chi connectivity index (χ1v) is 11.0. The Kier molecular flexibility index (Phi) is 6.90. The summed E-state index contributed by atoms with van der Waals surface area (Å²) in [5, 5.41) is 3.20. The van der Waals surface area contributed by atoms with Crippen molar-refractivity contribution >= 4 is 5.91 Å². The Morgan fingerprint density at radius 3 is 2.72 bits per heavy atom. The van der Waals surface area contributed by atoms with Crippen molar-refractivity contribution in [3.8, 4) is 0 Å². The average Bonchev–Trinajstić information content (AvgIpc) is 2.81. The van der Waals surface area contributed by atoms with Gasteiger partial charge in [0.1, 0.15) is 0 Å². The summed E-state index contributed by atoms with van der Waals surface area (Å²) in [5.41, 5.74) is 2.71. The van der Waals surface area contributed by atoms with E-state index in [1.165, 1.54) is 6.07 Å². The normalized spacial score (nSPS) is 17.7. The Hall–Kier alpha value is -3.12. The van der Waals surface area contributed by atoms with Gasteiger partial charge < -0.3 is 5.32 Å². The zero-order valence-electron chi connectivity index (χ0n) is 18.1. The molecule has 0 unspecified atom stereocenters. The fourth-order valence-corrected chi connectivity index (χ4v) is 4.46. The zero-order chi connectivity index (χ0) is 22.5. The van der Waals surface area contributed by atoms with Crippen molar-refractivity contribution in [3.63, 3.8) is 0 Å². The van der Waals surface area contributed by atoms with Crippen LogP contribution in [0, 0.1) is 24.5 Å². The van der Waals surface area contributed by atoms with E-state index < -0.39 is 11.6 Å². The number of pyridine rings is 1. The van der Waals surface area contributed by atoms with Crippen molar-refractivity contribution < 1.29 is 13.6 Å². The second kappa shape index (κ2) is 10.0. The largest absolute Gasteiger partial charge is 0.343 e. The van der Waals surface area contributed by atoms with Crippen LogP contribution >= 0.6 is 0 Å². The number of benzene rings is 2. The highest BCUT2D eigenvalue weighted by molar-refractivity contribution is 5.95. The standard InChI is InChI=1S/C26H27F2N3O/c1-18-8-2-3-11-21(18)26(32)30-25(23-13-4-5-14-29-23)20-10-7-15-31(17-20)16-19-9-6-12-22(27)24(19)28/h2-6,8-9,11-14,20,25H,7,10,15-17H2,1H3,(H,30,32)/t20-,25-/m1/s1. The molecule has 32 heavy (non-hydrogen) atoms. The van der Waals surface area contributed by atoms with E-state index in [9.17, 15) is 13.6 Å². The fourth-order valence-electron chi connectivity index (χ4n) is 4.46. The van der Waals surface area contributed by atoms with Crippen LogP contribution in [0.2, 0.25) is 0 Å². The molecule has 0 radical (unpaired) electrons. The Morgan fingerprint density at radius 1 is 1.12 bits per heavy atom. The summed E-state index contributed by atoms with van der Waals surface area (Å²) in [6.45, 7) is 3.71. The summed E-state index contributed by atoms with van der Waals surface area (Å²) in [4.78, 5) is 19.7. The van der Waals surface area contributed by atoms with Gasteiger partial charge in [-0.1, -0.05) is 36.4 Å². The van der Waals surface area contributed by atoms with E-state index in [4.69, 9.17) is 0 Å². The summed E-state index contributed by atoms with van der Waals surface area (Å²) in [5.74, 6) is -1.65. The van der Waals surface area contributed by atoms with Gasteiger partial charge in [-0.2, -0.15) is 0 Å². The van der Waals surface area contributed by atoms with Gasteiger partial charge in [-0.3, -0.25) is 14.7 Å². The number of nitrogens with zero attached hydrogens (tertiary/aromatic N) is 2. The highest BCUT2D eigenvalue weighted by Gasteiger charge is 2.31. The van der Waals surface area contributed by atoms with Crippen LogP contribution in [0.15, 0.2) is 66.9 Å². The van der Waals surface area contributed by atoms with E-state index in [-0.39, 0.29) is 17.9 Å². The zero-order valence-corrected chi connectivity index (χ0v) is 18.1. The van der Waals surface area contributed by atoms with Gasteiger partial charge in [0.25, 0.3) is 5.91 Å². The topological polar surface area (TPSA) is 45.2 Å². The van der Waals surface area contributed by atoms with Crippen LogP contribution in [0.1, 0.15) is 46.1 Å². The Bertz CT molecular complexity index is 1070. The first-order valence-electron chi connectivity index (χ1n) is 11.0. The van der Waals surface area contributed by atoms with Crippen LogP contribution in [0.4, 0.5) is 8.78 Å². The molecular weight excluding hydrogens is 408 g/mol. The highest BCUT2D eigenvalue weighted by atomic mass is 19.2. The van der Waals surface area contributed by atoms with Gasteiger partial charge in [-0.25, -0.2) is 8.78 Å². The minimum Gasteiger partial charge on any atom is -0.343 e. The van der Waals surface area contributed by atoms with Gasteiger partial charge in [-0.05, 0) is 62.1 Å². The molecule has 166 valence electrons. The molecule has 2 atom stereocenters. The predicted octanol–water partition coefficient (Wildman–Crippen LogP) is 5.05. The lowest BCUT2D eigenvalue weighted by molar-refractivity contribution is 0.0873. The smallest absolute Gasteiger partial charge is 0.252 e. The van der Waals surface area contributed by atoms with E-state index >= 15 is 0 Å². The van der Waals surface area contributed by atoms with E-state index in [1.807, 2.05) is 49.4 Å². The lowest BCUT2D eigenvalue weighted by Gasteiger charge is -2.37. The first-order chi connectivity index (χ1) is 15.5. The first kappa shape index (κ1) is 22.1. The number of carbonyl (C=O) groups is 1. The number of aryl methyl sites for hydroxylation is 1. The fraction of sp³-hybridized carbons (Fsp3) is 0.308. The van der Waals surface area contributed by atoms with E-state index in [2.05, 4.69) is 15.2 Å². The van der Waals surface area contributed by atoms with Gasteiger partial charge in [0.2, 0.25) is 0 Å². The third-order valence-corrected chi connectivity index (χ3v) is 6.12. The molecule has 2 aromatic carbocycles. The van der Waals surface area contributed by atoms with Gasteiger partial charge in [0.15, 0.2) is 11.6 Å². The lowest BCUT2D eigenvalue weighted by atomic mass is 9.88. The van der Waals surface area contributed by atoms with Crippen LogP contribution in [0.5, 0.6) is 0 Å². The number of nitrogens with one attached hydrogen (secondary N) is 1. The molecule has 1 amide bonds. The summed E-state index contributed by atoms with van der Waals surface area (Å²) >= 11 is 0. The quantitative estimate of drug-likeness (QED) is 0.589. The number of likely N-dealkylation sites (tertiary alicyclic amines) is 1. The second-order valence-electron chi connectivity index (χ2n) is 8.37. The molecular formula is C26H27F2N3O. The van der Waals surface area contributed by atoms with Crippen LogP contribution in [-0.2, 0) is 6.54 Å². The van der Waals surface area contributed by atoms with Crippen molar-refractivity contribution in [1.29, 1.82) is 0 Å². The van der Waals surface area contributed by atoms with E-state index in [0.29, 0.717) is 24.2 Å². The van der Waals surface area contributed by atoms with Gasteiger partial charge >= 0.3 is 0 Å². The summed E-state index contributed by atoms with van der Waals surface area (Å²) < 4.78 is 27.9. The molecule has 1 fully saturated rings. The summed E-state index contributed by atoms with van der Waals surface area (Å²) in [6, 6.07) is 17.2. The van der Waals surface area contributed by atoms with Crippen molar-refractivity contribution in [2.24, 2.45) is 5.92 Å². The Labute approximate surface area is 187 Å². The van der Waals surface area contributed by atoms with Crippen LogP contribution < -0.4 is 5.32 Å². The number of aromatic nitrogens is 1. The molecule has 1 aliphatic rings. The van der Waals surface area contributed by atoms with E-state index in [0.717, 1.165) is 36.7 Å². The number of carbonyl (C=O) groups excluding carboxylic acids is 1. The molecule has 0 aliphatic carbocycles. The Morgan fingerprint density at radius 2 is 1.94 bits per heavy atom. The van der Waals surface area contributed by atoms with Crippen LogP contribution in [0.3, 0.4) is 0 Å². The second-order valence-corrected chi connectivity index (χ2v) is 8.37. The molecule has 4 rings (SSSR count). The molecule has 3 aromatic rings. The molecule has 1 aromatic heterocycles. The minimum atomic E-state index is -0.826. The molecule has 1 saturated heterocycles. The average molecular weight is 436 g/mol. The molecule has 1 N–H and O–H groups in total. The molecule has 1 aliphatic heterocycles. The van der Waals surface area contributed by atoms with Crippen molar-refractivity contribution in [2.75, 3.05) is 13.1 Å². The lowest BCUT2D eigenvalue weighted by Crippen LogP contribution is -2.43. The number of piperidine rings is 1. The van der Waals surface area contributed by atoms with Crippen molar-refractivity contribution in [3.05, 3.63) is 101 Å². The number of halogens is 2. The maximum Gasteiger partial charge on any atom is 0.252 e. The van der Waals surface area contributed by atoms with Gasteiger partial charge in [0.05, 0.1) is 11.7 Å². The number of rotatable bonds is 6. The summed E-state index contributed by atoms with van der Waals surface area (Å²) in [6.07, 6.45) is 3.55. The van der Waals surface area contributed by atoms with Crippen LogP contribution in [0.25, 0.3) is 0 Å². The predicted molar refractivity (Wildman–Crippen MR) is 120 cm³/mol. The monoisotopic (exact) mass is 435 g/mol. The van der Waals surface area contributed by atoms with Crippen LogP contribution in [-0.4, -0.2) is 28.9 Å². The number of hydrogen-bond donors (Lipinski definition) is 1. The SMILES string of the molecule is Cc1ccccc1C(=O)N[C@@H](c1ccccn1)[C@@H]1CCCN(Cc2cccc(F)c2F)C1. The molecule has 0 saturated carbocycles. The van der Waals surface area contributed by atoms with Crippen molar-refractivity contribution in [1.82, 2.24) is 15.2 Å². The van der Waals surface area contributed by atoms with Gasteiger partial charge in [-0.15, -0.1) is 0 Å². The third-order valence-electron chi connectivity index (χ3n) is 6.12. The Balaban J connectivity index is 1.55. The minimum absolute atomic E-state index is 0.100. The highest BCUT2D eigenvalue weighted by Crippen LogP contribution is 2.30. The molecule has 6 heteroatoms. The number of hydrogen-bond acceptors (Lipinski definition) is 3. The maximum absolute atomic E-state index is 14.2. The third kappa shape index (κ3) is 5.02. The summed E-state index contributed by atoms with van der Waals surface area (Å²) in [7, 11) is 0. The van der Waals surface area contributed by atoms with Crippen molar-refractivity contribution in [2.45, 2.75) is 32.4 Å². The molecule has 4 nitrogen and oxygen atoms in total. The number of amides is 1. The van der Waals surface area contributed by atoms with E-state index in [1.54, 1.807) is 12.3 Å². The molecule has 0 spiro atoms. The molecule has 0 bridgehead atoms. The maximum atomic E-state index is 14.2.